The Bertz CT molecular complexity index is 318. The third-order valence-corrected chi connectivity index (χ3v) is 2.32. The minimum Gasteiger partial charge on any atom is -0.434 e. The Kier molecular flexibility index (Phi) is 3.83. The van der Waals surface area contributed by atoms with Crippen molar-refractivity contribution in [1.29, 1.82) is 0 Å². The number of rotatable bonds is 3. The second-order valence-corrected chi connectivity index (χ2v) is 3.71. The van der Waals surface area contributed by atoms with Crippen molar-refractivity contribution in [3.8, 4) is 5.75 Å². The molecule has 14 heavy (non-hydrogen) atoms. The molecule has 0 aliphatic heterocycles. The van der Waals surface area contributed by atoms with E-state index in [0.29, 0.717) is 4.47 Å². The van der Waals surface area contributed by atoms with Crippen LogP contribution < -0.4 is 10.5 Å². The topological polar surface area (TPSA) is 35.2 Å². The first-order chi connectivity index (χ1) is 6.50. The van der Waals surface area contributed by atoms with Crippen molar-refractivity contribution in [2.24, 2.45) is 5.73 Å². The molecule has 0 aromatic heterocycles. The summed E-state index contributed by atoms with van der Waals surface area (Å²) in [6, 6.07) is 4.66. The number of halogens is 3. The van der Waals surface area contributed by atoms with Gasteiger partial charge in [0.2, 0.25) is 0 Å². The largest absolute Gasteiger partial charge is 0.434 e. The van der Waals surface area contributed by atoms with Crippen molar-refractivity contribution in [3.05, 3.63) is 28.2 Å². The van der Waals surface area contributed by atoms with Gasteiger partial charge in [0, 0.05) is 6.04 Å². The van der Waals surface area contributed by atoms with E-state index in [-0.39, 0.29) is 11.8 Å². The Morgan fingerprint density at radius 1 is 1.43 bits per heavy atom. The van der Waals surface area contributed by atoms with Gasteiger partial charge in [0.05, 0.1) is 4.47 Å². The molecule has 78 valence electrons. The Morgan fingerprint density at radius 3 is 2.50 bits per heavy atom. The van der Waals surface area contributed by atoms with Crippen molar-refractivity contribution in [3.63, 3.8) is 0 Å². The second kappa shape index (κ2) is 4.70. The highest BCUT2D eigenvalue weighted by Crippen LogP contribution is 2.28. The number of hydrogen-bond donors (Lipinski definition) is 1. The lowest BCUT2D eigenvalue weighted by Gasteiger charge is -2.10. The van der Waals surface area contributed by atoms with Gasteiger partial charge in [-0.2, -0.15) is 8.78 Å². The lowest BCUT2D eigenvalue weighted by Crippen LogP contribution is -2.06. The molecule has 1 aromatic carbocycles. The van der Waals surface area contributed by atoms with Crippen LogP contribution in [0.4, 0.5) is 8.78 Å². The average molecular weight is 266 g/mol. The zero-order chi connectivity index (χ0) is 10.7. The van der Waals surface area contributed by atoms with Crippen LogP contribution in [0.3, 0.4) is 0 Å². The smallest absolute Gasteiger partial charge is 0.387 e. The SMILES string of the molecule is CC(N)c1ccc(OC(F)F)c(Br)c1. The van der Waals surface area contributed by atoms with Gasteiger partial charge in [-0.05, 0) is 40.5 Å². The molecule has 0 saturated carbocycles. The average Bonchev–Trinajstić information content (AvgIpc) is 2.07. The minimum atomic E-state index is -2.81. The lowest BCUT2D eigenvalue weighted by molar-refractivity contribution is -0.0503. The van der Waals surface area contributed by atoms with E-state index in [2.05, 4.69) is 20.7 Å². The maximum atomic E-state index is 11.9. The number of hydrogen-bond acceptors (Lipinski definition) is 2. The zero-order valence-corrected chi connectivity index (χ0v) is 9.09. The second-order valence-electron chi connectivity index (χ2n) is 2.86. The summed E-state index contributed by atoms with van der Waals surface area (Å²) in [4.78, 5) is 0. The molecular weight excluding hydrogens is 256 g/mol. The highest BCUT2D eigenvalue weighted by Gasteiger charge is 2.09. The van der Waals surface area contributed by atoms with Crippen LogP contribution in [0.5, 0.6) is 5.75 Å². The molecule has 0 spiro atoms. The van der Waals surface area contributed by atoms with Gasteiger partial charge < -0.3 is 10.5 Å². The van der Waals surface area contributed by atoms with Gasteiger partial charge in [0.25, 0.3) is 0 Å². The molecule has 1 unspecified atom stereocenters. The first-order valence-corrected chi connectivity index (χ1v) is 4.80. The van der Waals surface area contributed by atoms with Gasteiger partial charge in [-0.3, -0.25) is 0 Å². The van der Waals surface area contributed by atoms with E-state index in [1.807, 2.05) is 6.92 Å². The zero-order valence-electron chi connectivity index (χ0n) is 7.51. The van der Waals surface area contributed by atoms with Gasteiger partial charge in [-0.1, -0.05) is 6.07 Å². The molecule has 0 amide bonds. The van der Waals surface area contributed by atoms with E-state index >= 15 is 0 Å². The first kappa shape index (κ1) is 11.4. The van der Waals surface area contributed by atoms with Crippen LogP contribution in [0.15, 0.2) is 22.7 Å². The third-order valence-electron chi connectivity index (χ3n) is 1.70. The molecule has 0 fully saturated rings. The lowest BCUT2D eigenvalue weighted by atomic mass is 10.1. The van der Waals surface area contributed by atoms with E-state index in [4.69, 9.17) is 5.73 Å². The molecule has 5 heteroatoms. The molecule has 0 aliphatic carbocycles. The molecule has 0 radical (unpaired) electrons. The van der Waals surface area contributed by atoms with Crippen molar-refractivity contribution >= 4 is 15.9 Å². The fourth-order valence-electron chi connectivity index (χ4n) is 0.992. The summed E-state index contributed by atoms with van der Waals surface area (Å²) < 4.78 is 28.5. The summed E-state index contributed by atoms with van der Waals surface area (Å²) in [6.07, 6.45) is 0. The van der Waals surface area contributed by atoms with Gasteiger partial charge in [0.1, 0.15) is 5.75 Å². The molecule has 1 atom stereocenters. The Balaban J connectivity index is 2.90. The van der Waals surface area contributed by atoms with Crippen LogP contribution in [0.2, 0.25) is 0 Å². The number of nitrogens with two attached hydrogens (primary N) is 1. The molecule has 1 rings (SSSR count). The van der Waals surface area contributed by atoms with Gasteiger partial charge in [-0.25, -0.2) is 0 Å². The summed E-state index contributed by atoms with van der Waals surface area (Å²) in [5.74, 6) is 0.115. The highest BCUT2D eigenvalue weighted by atomic mass is 79.9. The fraction of sp³-hybridized carbons (Fsp3) is 0.333. The third kappa shape index (κ3) is 2.92. The van der Waals surface area contributed by atoms with Gasteiger partial charge in [0.15, 0.2) is 0 Å². The summed E-state index contributed by atoms with van der Waals surface area (Å²) in [5, 5.41) is 0. The van der Waals surface area contributed by atoms with Crippen LogP contribution in [0, 0.1) is 0 Å². The standard InChI is InChI=1S/C9H10BrF2NO/c1-5(13)6-2-3-8(7(10)4-6)14-9(11)12/h2-5,9H,13H2,1H3. The molecule has 2 nitrogen and oxygen atoms in total. The molecule has 0 saturated heterocycles. The molecule has 1 aromatic rings. The Hall–Kier alpha value is -0.680. The van der Waals surface area contributed by atoms with Crippen molar-refractivity contribution < 1.29 is 13.5 Å². The van der Waals surface area contributed by atoms with E-state index in [9.17, 15) is 8.78 Å². The van der Waals surface area contributed by atoms with Crippen molar-refractivity contribution in [2.45, 2.75) is 19.6 Å². The van der Waals surface area contributed by atoms with Crippen LogP contribution in [0.1, 0.15) is 18.5 Å². The van der Waals surface area contributed by atoms with Crippen molar-refractivity contribution in [2.75, 3.05) is 0 Å². The normalized spacial score (nSPS) is 13.0. The van der Waals surface area contributed by atoms with Crippen LogP contribution >= 0.6 is 15.9 Å². The molecule has 0 heterocycles. The monoisotopic (exact) mass is 265 g/mol. The van der Waals surface area contributed by atoms with Crippen LogP contribution in [0.25, 0.3) is 0 Å². The van der Waals surface area contributed by atoms with Gasteiger partial charge in [-0.15, -0.1) is 0 Å². The highest BCUT2D eigenvalue weighted by molar-refractivity contribution is 9.10. The first-order valence-electron chi connectivity index (χ1n) is 4.00. The van der Waals surface area contributed by atoms with E-state index in [1.54, 1.807) is 12.1 Å². The maximum absolute atomic E-state index is 11.9. The van der Waals surface area contributed by atoms with Crippen LogP contribution in [-0.4, -0.2) is 6.61 Å². The predicted molar refractivity (Wildman–Crippen MR) is 53.4 cm³/mol. The van der Waals surface area contributed by atoms with E-state index in [1.165, 1.54) is 6.07 Å². The molecular formula is C9H10BrF2NO. The summed E-state index contributed by atoms with van der Waals surface area (Å²) >= 11 is 3.13. The quantitative estimate of drug-likeness (QED) is 0.912. The number of ether oxygens (including phenoxy) is 1. The minimum absolute atomic E-state index is 0.115. The Labute approximate surface area is 89.2 Å². The number of alkyl halides is 2. The molecule has 0 aliphatic rings. The molecule has 0 bridgehead atoms. The number of benzene rings is 1. The Morgan fingerprint density at radius 2 is 2.07 bits per heavy atom. The summed E-state index contributed by atoms with van der Waals surface area (Å²) in [5.41, 5.74) is 6.48. The predicted octanol–water partition coefficient (Wildman–Crippen LogP) is 3.07. The van der Waals surface area contributed by atoms with Gasteiger partial charge >= 0.3 is 6.61 Å². The summed E-state index contributed by atoms with van der Waals surface area (Å²) in [7, 11) is 0. The maximum Gasteiger partial charge on any atom is 0.387 e. The van der Waals surface area contributed by atoms with Crippen LogP contribution in [-0.2, 0) is 0 Å². The van der Waals surface area contributed by atoms with E-state index in [0.717, 1.165) is 5.56 Å². The summed E-state index contributed by atoms with van der Waals surface area (Å²) in [6.45, 7) is -0.998. The van der Waals surface area contributed by atoms with Crippen molar-refractivity contribution in [1.82, 2.24) is 0 Å². The molecule has 2 N–H and O–H groups in total. The fourth-order valence-corrected chi connectivity index (χ4v) is 1.48. The van der Waals surface area contributed by atoms with E-state index < -0.39 is 6.61 Å².